The molecule has 2 atom stereocenters. The molecule has 2 aliphatic heterocycles. The minimum absolute atomic E-state index is 0.0510. The van der Waals surface area contributed by atoms with E-state index >= 15 is 0 Å². The molecule has 0 saturated carbocycles. The molecule has 0 radical (unpaired) electrons. The van der Waals surface area contributed by atoms with Gasteiger partial charge in [-0.25, -0.2) is 0 Å². The van der Waals surface area contributed by atoms with E-state index in [2.05, 4.69) is 158 Å². The Hall–Kier alpha value is -4.82. The molecule has 0 aromatic heterocycles. The smallest absolute Gasteiger partial charge is 0.0714 e. The largest absolute Gasteiger partial charge is 0.374 e. The Morgan fingerprint density at radius 3 is 1.64 bits per heavy atom. The summed E-state index contributed by atoms with van der Waals surface area (Å²) in [6, 6.07) is 40.5. The second kappa shape index (κ2) is 16.3. The highest BCUT2D eigenvalue weighted by Gasteiger charge is 2.32. The maximum absolute atomic E-state index is 3.96. The average molecular weight is 657 g/mol. The lowest BCUT2D eigenvalue weighted by atomic mass is 9.79. The lowest BCUT2D eigenvalue weighted by molar-refractivity contribution is 0.666. The number of hydrogen-bond acceptors (Lipinski definition) is 2. The van der Waals surface area contributed by atoms with Gasteiger partial charge in [-0.1, -0.05) is 162 Å². The summed E-state index contributed by atoms with van der Waals surface area (Å²) in [4.78, 5) is 0. The molecule has 2 heterocycles. The summed E-state index contributed by atoms with van der Waals surface area (Å²) >= 11 is 0. The second-order valence-corrected chi connectivity index (χ2v) is 14.2. The van der Waals surface area contributed by atoms with Crippen LogP contribution in [0.5, 0.6) is 0 Å². The molecule has 2 heteroatoms. The Balaban J connectivity index is 1.24. The number of hydrogen-bond donors (Lipinski definition) is 2. The first-order valence-corrected chi connectivity index (χ1v) is 19.1. The highest BCUT2D eigenvalue weighted by atomic mass is 15.0. The molecule has 2 N–H and O–H groups in total. The minimum atomic E-state index is 0.0510. The van der Waals surface area contributed by atoms with E-state index in [1.54, 1.807) is 0 Å². The minimum Gasteiger partial charge on any atom is -0.374 e. The lowest BCUT2D eigenvalue weighted by Crippen LogP contribution is -2.36. The van der Waals surface area contributed by atoms with Crippen LogP contribution < -0.4 is 10.6 Å². The molecule has 0 fully saturated rings. The van der Waals surface area contributed by atoms with E-state index in [1.807, 2.05) is 0 Å². The molecule has 0 amide bonds. The fourth-order valence-corrected chi connectivity index (χ4v) is 7.63. The van der Waals surface area contributed by atoms with Crippen LogP contribution in [0.2, 0.25) is 0 Å². The maximum atomic E-state index is 3.96. The zero-order valence-corrected chi connectivity index (χ0v) is 29.9. The molecule has 4 aromatic carbocycles. The third-order valence-electron chi connectivity index (χ3n) is 10.5. The molecule has 0 bridgehead atoms. The summed E-state index contributed by atoms with van der Waals surface area (Å²) in [7, 11) is 0. The normalized spacial score (nSPS) is 18.1. The first-order valence-electron chi connectivity index (χ1n) is 19.1. The molecular weight excluding hydrogens is 605 g/mol. The van der Waals surface area contributed by atoms with Crippen LogP contribution in [-0.2, 0) is 12.8 Å². The van der Waals surface area contributed by atoms with Gasteiger partial charge in [-0.2, -0.15) is 0 Å². The van der Waals surface area contributed by atoms with Crippen molar-refractivity contribution in [2.75, 3.05) is 0 Å². The Morgan fingerprint density at radius 1 is 0.460 bits per heavy atom. The number of fused-ring (bicyclic) bond motifs is 2. The molecule has 0 saturated heterocycles. The van der Waals surface area contributed by atoms with Crippen LogP contribution in [0, 0.1) is 0 Å². The quantitative estimate of drug-likeness (QED) is 0.132. The van der Waals surface area contributed by atoms with Gasteiger partial charge in [0.1, 0.15) is 0 Å². The summed E-state index contributed by atoms with van der Waals surface area (Å²) in [5, 5.41) is 7.92. The number of rotatable bonds is 14. The molecule has 4 aromatic rings. The standard InChI is InChI=1S/C48H52N2/c1-3-5-7-11-17-35-23-27-39(28-24-35)45-31-41(37-19-13-9-14-20-37)43-34-48-44(33-47(43)49-45)42(38-21-15-10-16-22-38)32-46(50-48)40-29-25-36(26-30-40)18-12-8-6-4-2/h9-10,13-16,19-34,45,48-50H,3-8,11-12,17-18H2,1-2H3. The Kier molecular flexibility index (Phi) is 10.9. The van der Waals surface area contributed by atoms with Crippen molar-refractivity contribution in [1.29, 1.82) is 0 Å². The van der Waals surface area contributed by atoms with Gasteiger partial charge in [0.2, 0.25) is 0 Å². The summed E-state index contributed by atoms with van der Waals surface area (Å²) in [5.41, 5.74) is 15.4. The molecule has 3 aliphatic rings. The molecular formula is C48H52N2. The van der Waals surface area contributed by atoms with Gasteiger partial charge in [-0.15, -0.1) is 0 Å². The van der Waals surface area contributed by atoms with Crippen LogP contribution in [0.15, 0.2) is 150 Å². The number of dihydropyridines is 1. The molecule has 7 rings (SSSR count). The SMILES string of the molecule is CCCCCCc1ccc(C2=CC(c3ccccc3)=C3C=C4NC(c5ccc(CCCCCC)cc5)C=C(c5ccccc5)C4=CC3N2)cc1. The molecule has 2 nitrogen and oxygen atoms in total. The molecule has 2 unspecified atom stereocenters. The van der Waals surface area contributed by atoms with Crippen LogP contribution in [-0.4, -0.2) is 6.04 Å². The summed E-state index contributed by atoms with van der Waals surface area (Å²) < 4.78 is 0. The van der Waals surface area contributed by atoms with Crippen molar-refractivity contribution >= 4 is 16.8 Å². The summed E-state index contributed by atoms with van der Waals surface area (Å²) in [5.74, 6) is 0. The zero-order valence-electron chi connectivity index (χ0n) is 29.9. The van der Waals surface area contributed by atoms with Gasteiger partial charge < -0.3 is 10.6 Å². The summed E-state index contributed by atoms with van der Waals surface area (Å²) in [6.07, 6.45) is 22.3. The Labute approximate surface area is 300 Å². The second-order valence-electron chi connectivity index (χ2n) is 14.2. The fraction of sp³-hybridized carbons (Fsp3) is 0.292. The average Bonchev–Trinajstić information content (AvgIpc) is 3.18. The van der Waals surface area contributed by atoms with Gasteiger partial charge in [0.15, 0.2) is 0 Å². The molecule has 254 valence electrons. The molecule has 50 heavy (non-hydrogen) atoms. The van der Waals surface area contributed by atoms with Crippen molar-refractivity contribution in [1.82, 2.24) is 10.6 Å². The van der Waals surface area contributed by atoms with Crippen molar-refractivity contribution in [2.45, 2.75) is 90.1 Å². The number of allylic oxidation sites excluding steroid dienone is 3. The van der Waals surface area contributed by atoms with Crippen molar-refractivity contribution in [2.24, 2.45) is 0 Å². The lowest BCUT2D eigenvalue weighted by Gasteiger charge is -2.37. The van der Waals surface area contributed by atoms with Gasteiger partial charge in [-0.05, 0) is 100 Å². The predicted octanol–water partition coefficient (Wildman–Crippen LogP) is 12.0. The fourth-order valence-electron chi connectivity index (χ4n) is 7.63. The monoisotopic (exact) mass is 656 g/mol. The molecule has 0 spiro atoms. The van der Waals surface area contributed by atoms with Crippen molar-refractivity contribution < 1.29 is 0 Å². The number of aryl methyl sites for hydroxylation is 2. The topological polar surface area (TPSA) is 24.1 Å². The van der Waals surface area contributed by atoms with Gasteiger partial charge in [0.05, 0.1) is 12.1 Å². The maximum Gasteiger partial charge on any atom is 0.0714 e. The van der Waals surface area contributed by atoms with Crippen molar-refractivity contribution in [3.63, 3.8) is 0 Å². The van der Waals surface area contributed by atoms with Crippen LogP contribution in [0.1, 0.15) is 105 Å². The van der Waals surface area contributed by atoms with Crippen LogP contribution in [0.4, 0.5) is 0 Å². The first-order chi connectivity index (χ1) is 24.7. The number of unbranched alkanes of at least 4 members (excludes halogenated alkanes) is 6. The molecule has 1 aliphatic carbocycles. The van der Waals surface area contributed by atoms with Crippen LogP contribution in [0.3, 0.4) is 0 Å². The van der Waals surface area contributed by atoms with Gasteiger partial charge in [0, 0.05) is 17.0 Å². The van der Waals surface area contributed by atoms with Crippen LogP contribution >= 0.6 is 0 Å². The van der Waals surface area contributed by atoms with Crippen LogP contribution in [0.25, 0.3) is 16.8 Å². The van der Waals surface area contributed by atoms with E-state index in [1.165, 1.54) is 118 Å². The predicted molar refractivity (Wildman–Crippen MR) is 213 cm³/mol. The van der Waals surface area contributed by atoms with E-state index in [-0.39, 0.29) is 12.1 Å². The van der Waals surface area contributed by atoms with E-state index in [4.69, 9.17) is 0 Å². The first kappa shape index (κ1) is 33.7. The number of benzene rings is 4. The van der Waals surface area contributed by atoms with Crippen molar-refractivity contribution in [3.8, 4) is 0 Å². The van der Waals surface area contributed by atoms with Gasteiger partial charge in [-0.3, -0.25) is 0 Å². The Morgan fingerprint density at radius 2 is 1.02 bits per heavy atom. The van der Waals surface area contributed by atoms with E-state index in [9.17, 15) is 0 Å². The highest BCUT2D eigenvalue weighted by Crippen LogP contribution is 2.43. The van der Waals surface area contributed by atoms with E-state index < -0.39 is 0 Å². The van der Waals surface area contributed by atoms with Crippen molar-refractivity contribution in [3.05, 3.63) is 184 Å². The van der Waals surface area contributed by atoms with Gasteiger partial charge >= 0.3 is 0 Å². The van der Waals surface area contributed by atoms with E-state index in [0.29, 0.717) is 0 Å². The highest BCUT2D eigenvalue weighted by molar-refractivity contribution is 5.93. The Bertz CT molecular complexity index is 1890. The summed E-state index contributed by atoms with van der Waals surface area (Å²) in [6.45, 7) is 4.55. The zero-order chi connectivity index (χ0) is 34.1. The third kappa shape index (κ3) is 7.81. The number of nitrogens with one attached hydrogen (secondary N) is 2. The van der Waals surface area contributed by atoms with Gasteiger partial charge in [0.25, 0.3) is 0 Å². The third-order valence-corrected chi connectivity index (χ3v) is 10.5. The van der Waals surface area contributed by atoms with E-state index in [0.717, 1.165) is 12.8 Å².